The van der Waals surface area contributed by atoms with E-state index in [1.165, 1.54) is 36.2 Å². The predicted octanol–water partition coefficient (Wildman–Crippen LogP) is 6.19. The van der Waals surface area contributed by atoms with Crippen LogP contribution in [-0.4, -0.2) is 4.98 Å². The van der Waals surface area contributed by atoms with Crippen molar-refractivity contribution in [3.63, 3.8) is 0 Å². The average Bonchev–Trinajstić information content (AvgIpc) is 3.18. The van der Waals surface area contributed by atoms with Gasteiger partial charge in [0.2, 0.25) is 0 Å². The normalized spacial score (nSPS) is 14.5. The van der Waals surface area contributed by atoms with Gasteiger partial charge in [-0.05, 0) is 30.4 Å². The van der Waals surface area contributed by atoms with Gasteiger partial charge < -0.3 is 0 Å². The van der Waals surface area contributed by atoms with Crippen LogP contribution in [0.15, 0.2) is 73.1 Å². The summed E-state index contributed by atoms with van der Waals surface area (Å²) in [4.78, 5) is 3.62. The van der Waals surface area contributed by atoms with Gasteiger partial charge in [-0.3, -0.25) is 0 Å². The molecule has 2 atom stereocenters. The molecule has 2 nitrogen and oxygen atoms in total. The van der Waals surface area contributed by atoms with Gasteiger partial charge >= 0.3 is 0 Å². The molecule has 1 heterocycles. The monoisotopic (exact) mass is 375 g/mol. The number of nitrogens with one attached hydrogen (secondary N) is 1. The molecule has 3 rings (SSSR count). The molecule has 0 saturated carbocycles. The van der Waals surface area contributed by atoms with Crippen LogP contribution in [-0.2, 0) is 18.4 Å². The lowest BCUT2D eigenvalue weighted by Gasteiger charge is -2.37. The van der Waals surface area contributed by atoms with E-state index in [0.29, 0.717) is 5.92 Å². The first-order valence-electron chi connectivity index (χ1n) is 10.8. The number of benzene rings is 2. The SMILES string of the molecule is CCCCC(c1[nH]cc[n+]1CCC)C(C)(Cc1ccccc1)c1ccccc1. The zero-order valence-electron chi connectivity index (χ0n) is 17.7. The van der Waals surface area contributed by atoms with Crippen LogP contribution < -0.4 is 4.57 Å². The molecule has 1 N–H and O–H groups in total. The lowest BCUT2D eigenvalue weighted by Crippen LogP contribution is -2.43. The van der Waals surface area contributed by atoms with Crippen LogP contribution in [0.4, 0.5) is 0 Å². The Hall–Kier alpha value is -2.35. The summed E-state index contributed by atoms with van der Waals surface area (Å²) < 4.78 is 2.44. The fourth-order valence-electron chi connectivity index (χ4n) is 4.54. The molecule has 0 bridgehead atoms. The minimum absolute atomic E-state index is 0.0259. The van der Waals surface area contributed by atoms with Crippen LogP contribution >= 0.6 is 0 Å². The molecule has 1 aromatic heterocycles. The van der Waals surface area contributed by atoms with Gasteiger partial charge in [0.15, 0.2) is 0 Å². The molecule has 0 saturated heterocycles. The number of hydrogen-bond donors (Lipinski definition) is 1. The second kappa shape index (κ2) is 9.73. The van der Waals surface area contributed by atoms with Crippen LogP contribution in [0.2, 0.25) is 0 Å². The van der Waals surface area contributed by atoms with Gasteiger partial charge in [0.05, 0.1) is 12.5 Å². The highest BCUT2D eigenvalue weighted by Gasteiger charge is 2.41. The van der Waals surface area contributed by atoms with Gasteiger partial charge in [-0.2, -0.15) is 0 Å². The molecule has 0 aliphatic heterocycles. The topological polar surface area (TPSA) is 19.7 Å². The van der Waals surface area contributed by atoms with Gasteiger partial charge in [0.1, 0.15) is 12.4 Å². The first-order valence-corrected chi connectivity index (χ1v) is 10.8. The number of aromatic amines is 1. The minimum atomic E-state index is 0.0259. The highest BCUT2D eigenvalue weighted by Crippen LogP contribution is 2.43. The number of aromatic nitrogens is 2. The Morgan fingerprint density at radius 2 is 1.61 bits per heavy atom. The predicted molar refractivity (Wildman–Crippen MR) is 117 cm³/mol. The highest BCUT2D eigenvalue weighted by molar-refractivity contribution is 5.32. The van der Waals surface area contributed by atoms with Crippen LogP contribution in [0.1, 0.15) is 69.3 Å². The van der Waals surface area contributed by atoms with Crippen molar-refractivity contribution < 1.29 is 4.57 Å². The van der Waals surface area contributed by atoms with E-state index in [-0.39, 0.29) is 5.41 Å². The van der Waals surface area contributed by atoms with Crippen LogP contribution in [0.25, 0.3) is 0 Å². The minimum Gasteiger partial charge on any atom is -0.247 e. The molecule has 0 aliphatic carbocycles. The fourth-order valence-corrected chi connectivity index (χ4v) is 4.54. The van der Waals surface area contributed by atoms with Crippen molar-refractivity contribution in [2.75, 3.05) is 0 Å². The second-order valence-corrected chi connectivity index (χ2v) is 8.18. The summed E-state index contributed by atoms with van der Waals surface area (Å²) in [6.45, 7) is 8.08. The van der Waals surface area contributed by atoms with Crippen molar-refractivity contribution in [3.8, 4) is 0 Å². The van der Waals surface area contributed by atoms with E-state index in [0.717, 1.165) is 19.4 Å². The summed E-state index contributed by atoms with van der Waals surface area (Å²) in [5, 5.41) is 0. The Morgan fingerprint density at radius 3 is 2.25 bits per heavy atom. The molecule has 0 aliphatic rings. The van der Waals surface area contributed by atoms with Crippen LogP contribution in [0.5, 0.6) is 0 Å². The Labute approximate surface area is 170 Å². The summed E-state index contributed by atoms with van der Waals surface area (Å²) in [5.74, 6) is 1.81. The van der Waals surface area contributed by atoms with Crippen molar-refractivity contribution in [2.45, 2.75) is 70.8 Å². The molecular weight excluding hydrogens is 340 g/mol. The van der Waals surface area contributed by atoms with Crippen molar-refractivity contribution in [1.82, 2.24) is 4.98 Å². The summed E-state index contributed by atoms with van der Waals surface area (Å²) >= 11 is 0. The third-order valence-corrected chi connectivity index (χ3v) is 6.05. The smallest absolute Gasteiger partial charge is 0.247 e. The molecular formula is C26H35N2+. The van der Waals surface area contributed by atoms with Crippen LogP contribution in [0.3, 0.4) is 0 Å². The van der Waals surface area contributed by atoms with E-state index >= 15 is 0 Å². The largest absolute Gasteiger partial charge is 0.258 e. The Balaban J connectivity index is 2.09. The number of nitrogens with zero attached hydrogens (tertiary/aromatic N) is 1. The molecule has 28 heavy (non-hydrogen) atoms. The maximum Gasteiger partial charge on any atom is 0.258 e. The number of unbranched alkanes of at least 4 members (excludes halogenated alkanes) is 1. The average molecular weight is 376 g/mol. The maximum absolute atomic E-state index is 3.62. The third kappa shape index (κ3) is 4.55. The van der Waals surface area contributed by atoms with E-state index in [1.807, 2.05) is 0 Å². The van der Waals surface area contributed by atoms with Gasteiger partial charge in [-0.25, -0.2) is 9.55 Å². The quantitative estimate of drug-likeness (QED) is 0.408. The lowest BCUT2D eigenvalue weighted by molar-refractivity contribution is -0.704. The van der Waals surface area contributed by atoms with Gasteiger partial charge in [0.25, 0.3) is 5.82 Å². The zero-order chi connectivity index (χ0) is 19.8. The molecule has 2 heteroatoms. The number of aryl methyl sites for hydroxylation is 1. The summed E-state index contributed by atoms with van der Waals surface area (Å²) in [6, 6.07) is 22.1. The second-order valence-electron chi connectivity index (χ2n) is 8.18. The summed E-state index contributed by atoms with van der Waals surface area (Å²) in [5.41, 5.74) is 2.86. The number of rotatable bonds is 10. The van der Waals surface area contributed by atoms with E-state index in [9.17, 15) is 0 Å². The molecule has 0 amide bonds. The first kappa shape index (κ1) is 20.4. The maximum atomic E-state index is 3.62. The van der Waals surface area contributed by atoms with E-state index in [4.69, 9.17) is 0 Å². The lowest BCUT2D eigenvalue weighted by atomic mass is 9.66. The van der Waals surface area contributed by atoms with Crippen molar-refractivity contribution in [2.24, 2.45) is 0 Å². The van der Waals surface area contributed by atoms with E-state index in [2.05, 4.69) is 103 Å². The standard InChI is InChI=1S/C26H34N2/c1-4-6-17-24(25-27-18-20-28(25)19-5-2)26(3,23-15-11-8-12-16-23)21-22-13-9-7-10-14-22/h7-16,18,20,24H,4-6,17,19,21H2,1-3H3/p+1. The fraction of sp³-hybridized carbons (Fsp3) is 0.423. The molecule has 2 aromatic carbocycles. The van der Waals surface area contributed by atoms with Crippen molar-refractivity contribution in [1.29, 1.82) is 0 Å². The van der Waals surface area contributed by atoms with Gasteiger partial charge in [-0.15, -0.1) is 0 Å². The Kier molecular flexibility index (Phi) is 7.08. The molecule has 0 radical (unpaired) electrons. The number of imidazole rings is 1. The van der Waals surface area contributed by atoms with E-state index in [1.54, 1.807) is 0 Å². The molecule has 3 aromatic rings. The molecule has 0 fully saturated rings. The zero-order valence-corrected chi connectivity index (χ0v) is 17.7. The Bertz CT molecular complexity index is 822. The number of H-pyrrole nitrogens is 1. The number of hydrogen-bond acceptors (Lipinski definition) is 0. The molecule has 0 spiro atoms. The summed E-state index contributed by atoms with van der Waals surface area (Å²) in [6.07, 6.45) is 10.2. The Morgan fingerprint density at radius 1 is 0.929 bits per heavy atom. The summed E-state index contributed by atoms with van der Waals surface area (Å²) in [7, 11) is 0. The van der Waals surface area contributed by atoms with E-state index < -0.39 is 0 Å². The molecule has 2 unspecified atom stereocenters. The van der Waals surface area contributed by atoms with Crippen molar-refractivity contribution >= 4 is 0 Å². The highest BCUT2D eigenvalue weighted by atomic mass is 15.1. The van der Waals surface area contributed by atoms with Crippen molar-refractivity contribution in [3.05, 3.63) is 90.0 Å². The molecule has 148 valence electrons. The van der Waals surface area contributed by atoms with Crippen LogP contribution in [0, 0.1) is 0 Å². The van der Waals surface area contributed by atoms with Gasteiger partial charge in [-0.1, -0.05) is 94.3 Å². The third-order valence-electron chi connectivity index (χ3n) is 6.05. The first-order chi connectivity index (χ1) is 13.7. The van der Waals surface area contributed by atoms with Gasteiger partial charge in [0, 0.05) is 5.41 Å².